The van der Waals surface area contributed by atoms with E-state index in [1.54, 1.807) is 0 Å². The molecule has 0 aliphatic carbocycles. The first-order chi connectivity index (χ1) is 6.42. The fraction of sp³-hybridized carbons (Fsp3) is 0.125. The monoisotopic (exact) mass is 211 g/mol. The van der Waals surface area contributed by atoms with E-state index in [1.807, 2.05) is 24.3 Å². The van der Waals surface area contributed by atoms with Crippen molar-refractivity contribution in [2.45, 2.75) is 6.54 Å². The molecule has 0 aliphatic rings. The van der Waals surface area contributed by atoms with Crippen LogP contribution in [0.2, 0.25) is 0 Å². The Labute approximate surface area is 87.1 Å². The minimum Gasteiger partial charge on any atom is -0.326 e. The molecule has 0 fully saturated rings. The standard InChI is InChI=1S/C8H9N5.ClH/c9-5-6-3-1-2-4-7(6)8-10-12-13-11-8;/h1-4H,5,9H2,(H,10,11,12,13);1H. The molecule has 0 saturated heterocycles. The van der Waals surface area contributed by atoms with Gasteiger partial charge in [0.1, 0.15) is 0 Å². The number of hydrogen-bond acceptors (Lipinski definition) is 4. The lowest BCUT2D eigenvalue weighted by atomic mass is 10.1. The molecule has 0 aliphatic heterocycles. The number of nitrogens with two attached hydrogens (primary N) is 1. The molecule has 0 amide bonds. The van der Waals surface area contributed by atoms with Gasteiger partial charge >= 0.3 is 0 Å². The van der Waals surface area contributed by atoms with Crippen LogP contribution < -0.4 is 5.73 Å². The topological polar surface area (TPSA) is 80.5 Å². The first-order valence-electron chi connectivity index (χ1n) is 3.94. The highest BCUT2D eigenvalue weighted by atomic mass is 35.5. The normalized spacial score (nSPS) is 9.50. The van der Waals surface area contributed by atoms with Crippen LogP contribution in [0.15, 0.2) is 24.3 Å². The minimum atomic E-state index is 0. The van der Waals surface area contributed by atoms with Gasteiger partial charge in [0, 0.05) is 12.1 Å². The van der Waals surface area contributed by atoms with Crippen molar-refractivity contribution in [2.75, 3.05) is 0 Å². The molecular weight excluding hydrogens is 202 g/mol. The fourth-order valence-corrected chi connectivity index (χ4v) is 1.20. The molecule has 0 spiro atoms. The molecule has 3 N–H and O–H groups in total. The molecule has 6 heteroatoms. The summed E-state index contributed by atoms with van der Waals surface area (Å²) in [6.45, 7) is 0.483. The van der Waals surface area contributed by atoms with Crippen LogP contribution in [0.3, 0.4) is 0 Å². The highest BCUT2D eigenvalue weighted by molar-refractivity contribution is 5.85. The van der Waals surface area contributed by atoms with Gasteiger partial charge in [-0.05, 0) is 16.0 Å². The van der Waals surface area contributed by atoms with Crippen molar-refractivity contribution < 1.29 is 0 Å². The van der Waals surface area contributed by atoms with Crippen LogP contribution in [0.1, 0.15) is 5.56 Å². The molecule has 1 aromatic carbocycles. The van der Waals surface area contributed by atoms with E-state index >= 15 is 0 Å². The molecule has 0 unspecified atom stereocenters. The first kappa shape index (κ1) is 10.6. The smallest absolute Gasteiger partial charge is 0.179 e. The number of nitrogens with zero attached hydrogens (tertiary/aromatic N) is 3. The summed E-state index contributed by atoms with van der Waals surface area (Å²) in [5.41, 5.74) is 7.56. The third kappa shape index (κ3) is 1.89. The van der Waals surface area contributed by atoms with E-state index in [0.29, 0.717) is 12.4 Å². The number of nitrogens with one attached hydrogen (secondary N) is 1. The maximum absolute atomic E-state index is 5.57. The van der Waals surface area contributed by atoms with E-state index in [-0.39, 0.29) is 12.4 Å². The predicted molar refractivity (Wildman–Crippen MR) is 54.8 cm³/mol. The molecule has 2 aromatic rings. The zero-order valence-electron chi connectivity index (χ0n) is 7.34. The highest BCUT2D eigenvalue weighted by Gasteiger charge is 2.05. The van der Waals surface area contributed by atoms with Gasteiger partial charge in [-0.1, -0.05) is 24.3 Å². The van der Waals surface area contributed by atoms with Crippen molar-refractivity contribution >= 4 is 12.4 Å². The third-order valence-corrected chi connectivity index (χ3v) is 1.84. The van der Waals surface area contributed by atoms with Crippen LogP contribution in [0.25, 0.3) is 11.4 Å². The van der Waals surface area contributed by atoms with Gasteiger partial charge < -0.3 is 5.73 Å². The molecule has 0 saturated carbocycles. The van der Waals surface area contributed by atoms with Crippen LogP contribution >= 0.6 is 12.4 Å². The number of rotatable bonds is 2. The van der Waals surface area contributed by atoms with E-state index in [4.69, 9.17) is 5.73 Å². The zero-order valence-corrected chi connectivity index (χ0v) is 8.16. The second-order valence-electron chi connectivity index (χ2n) is 2.61. The molecule has 0 bridgehead atoms. The largest absolute Gasteiger partial charge is 0.326 e. The molecule has 0 atom stereocenters. The molecule has 5 nitrogen and oxygen atoms in total. The maximum atomic E-state index is 5.57. The number of aromatic nitrogens is 4. The SMILES string of the molecule is Cl.NCc1ccccc1-c1nnn[nH]1. The van der Waals surface area contributed by atoms with Crippen molar-refractivity contribution in [1.29, 1.82) is 0 Å². The van der Waals surface area contributed by atoms with Gasteiger partial charge in [-0.15, -0.1) is 17.5 Å². The van der Waals surface area contributed by atoms with Crippen molar-refractivity contribution in [3.8, 4) is 11.4 Å². The average molecular weight is 212 g/mol. The number of H-pyrrole nitrogens is 1. The Kier molecular flexibility index (Phi) is 3.55. The van der Waals surface area contributed by atoms with Crippen molar-refractivity contribution in [1.82, 2.24) is 20.6 Å². The van der Waals surface area contributed by atoms with Crippen LogP contribution in [0.4, 0.5) is 0 Å². The quantitative estimate of drug-likeness (QED) is 0.768. The number of tetrazole rings is 1. The van der Waals surface area contributed by atoms with E-state index in [0.717, 1.165) is 11.1 Å². The summed E-state index contributed by atoms with van der Waals surface area (Å²) in [6, 6.07) is 7.76. The van der Waals surface area contributed by atoms with Gasteiger partial charge in [0.2, 0.25) is 0 Å². The van der Waals surface area contributed by atoms with Gasteiger partial charge in [0.05, 0.1) is 0 Å². The summed E-state index contributed by atoms with van der Waals surface area (Å²) in [6.07, 6.45) is 0. The highest BCUT2D eigenvalue weighted by Crippen LogP contribution is 2.17. The second-order valence-corrected chi connectivity index (χ2v) is 2.61. The Hall–Kier alpha value is -1.46. The number of hydrogen-bond donors (Lipinski definition) is 2. The summed E-state index contributed by atoms with van der Waals surface area (Å²) in [4.78, 5) is 0. The molecule has 14 heavy (non-hydrogen) atoms. The van der Waals surface area contributed by atoms with Crippen LogP contribution in [0.5, 0.6) is 0 Å². The summed E-state index contributed by atoms with van der Waals surface area (Å²) in [7, 11) is 0. The van der Waals surface area contributed by atoms with Gasteiger partial charge in [-0.3, -0.25) is 0 Å². The van der Waals surface area contributed by atoms with Crippen molar-refractivity contribution in [3.05, 3.63) is 29.8 Å². The molecule has 1 heterocycles. The molecule has 0 radical (unpaired) electrons. The molecular formula is C8H10ClN5. The summed E-state index contributed by atoms with van der Waals surface area (Å²) < 4.78 is 0. The lowest BCUT2D eigenvalue weighted by Gasteiger charge is -2.01. The second kappa shape index (κ2) is 4.69. The minimum absolute atomic E-state index is 0. The number of halogens is 1. The predicted octanol–water partition coefficient (Wildman–Crippen LogP) is 0.747. The first-order valence-corrected chi connectivity index (χ1v) is 3.94. The molecule has 74 valence electrons. The Bertz CT molecular complexity index is 386. The van der Waals surface area contributed by atoms with E-state index in [9.17, 15) is 0 Å². The van der Waals surface area contributed by atoms with E-state index < -0.39 is 0 Å². The molecule has 2 rings (SSSR count). The Morgan fingerprint density at radius 2 is 2.07 bits per heavy atom. The van der Waals surface area contributed by atoms with Crippen LogP contribution in [0, 0.1) is 0 Å². The third-order valence-electron chi connectivity index (χ3n) is 1.84. The lowest BCUT2D eigenvalue weighted by Crippen LogP contribution is -1.99. The van der Waals surface area contributed by atoms with Gasteiger partial charge in [0.15, 0.2) is 5.82 Å². The van der Waals surface area contributed by atoms with Crippen LogP contribution in [-0.4, -0.2) is 20.6 Å². The zero-order chi connectivity index (χ0) is 9.10. The summed E-state index contributed by atoms with van der Waals surface area (Å²) in [5.74, 6) is 0.654. The van der Waals surface area contributed by atoms with E-state index in [2.05, 4.69) is 20.6 Å². The summed E-state index contributed by atoms with van der Waals surface area (Å²) >= 11 is 0. The van der Waals surface area contributed by atoms with Gasteiger partial charge in [-0.25, -0.2) is 5.10 Å². The lowest BCUT2D eigenvalue weighted by molar-refractivity contribution is 0.881. The maximum Gasteiger partial charge on any atom is 0.179 e. The number of aromatic amines is 1. The van der Waals surface area contributed by atoms with Gasteiger partial charge in [-0.2, -0.15) is 0 Å². The fourth-order valence-electron chi connectivity index (χ4n) is 1.20. The van der Waals surface area contributed by atoms with E-state index in [1.165, 1.54) is 0 Å². The number of benzene rings is 1. The average Bonchev–Trinajstić information content (AvgIpc) is 2.70. The Morgan fingerprint density at radius 3 is 2.71 bits per heavy atom. The van der Waals surface area contributed by atoms with Crippen LogP contribution in [-0.2, 0) is 6.54 Å². The van der Waals surface area contributed by atoms with Gasteiger partial charge in [0.25, 0.3) is 0 Å². The van der Waals surface area contributed by atoms with Crippen molar-refractivity contribution in [2.24, 2.45) is 5.73 Å². The van der Waals surface area contributed by atoms with Crippen molar-refractivity contribution in [3.63, 3.8) is 0 Å². The Balaban J connectivity index is 0.000000980. The Morgan fingerprint density at radius 1 is 1.29 bits per heavy atom. The molecule has 1 aromatic heterocycles. The summed E-state index contributed by atoms with van der Waals surface area (Å²) in [5, 5.41) is 13.5.